The van der Waals surface area contributed by atoms with Crippen molar-refractivity contribution in [3.05, 3.63) is 36.5 Å². The Kier molecular flexibility index (Phi) is 63.0. The molecule has 0 aliphatic carbocycles. The molecule has 0 heterocycles. The Balaban J connectivity index is 3.34. The Morgan fingerprint density at radius 1 is 0.373 bits per heavy atom. The molecule has 0 spiro atoms. The summed E-state index contributed by atoms with van der Waals surface area (Å²) in [6.45, 7) is 4.90. The number of aliphatic hydroxyl groups excluding tert-OH is 2. The zero-order chi connectivity index (χ0) is 54.3. The monoisotopic (exact) mass is 1050 g/mol. The van der Waals surface area contributed by atoms with E-state index in [-0.39, 0.29) is 18.5 Å². The molecule has 0 aliphatic heterocycles. The number of carbonyl (C=O) groups is 2. The van der Waals surface area contributed by atoms with Gasteiger partial charge in [0.05, 0.1) is 25.4 Å². The lowest BCUT2D eigenvalue weighted by Gasteiger charge is -2.22. The van der Waals surface area contributed by atoms with Gasteiger partial charge >= 0.3 is 5.97 Å². The van der Waals surface area contributed by atoms with Crippen molar-refractivity contribution in [1.29, 1.82) is 0 Å². The second-order valence-electron chi connectivity index (χ2n) is 23.1. The molecule has 0 saturated heterocycles. The van der Waals surface area contributed by atoms with Crippen LogP contribution in [0.3, 0.4) is 0 Å². The molecular weight excluding hydrogens is 923 g/mol. The first kappa shape index (κ1) is 73.1. The van der Waals surface area contributed by atoms with Gasteiger partial charge in [0.1, 0.15) is 0 Å². The number of unbranched alkanes of at least 4 members (excludes halogenated alkanes) is 46. The molecule has 0 radical (unpaired) electrons. The Morgan fingerprint density at radius 2 is 0.693 bits per heavy atom. The van der Waals surface area contributed by atoms with Gasteiger partial charge in [-0.3, -0.25) is 9.59 Å². The number of esters is 1. The minimum atomic E-state index is -0.661. The van der Waals surface area contributed by atoms with Crippen molar-refractivity contribution in [3.8, 4) is 0 Å². The number of carbonyl (C=O) groups excluding carboxylic acids is 2. The zero-order valence-corrected chi connectivity index (χ0v) is 50.5. The topological polar surface area (TPSA) is 95.9 Å². The van der Waals surface area contributed by atoms with Crippen molar-refractivity contribution in [2.24, 2.45) is 0 Å². The summed E-state index contributed by atoms with van der Waals surface area (Å²) < 4.78 is 5.47. The smallest absolute Gasteiger partial charge is 0.305 e. The van der Waals surface area contributed by atoms with Crippen molar-refractivity contribution in [3.63, 3.8) is 0 Å². The van der Waals surface area contributed by atoms with Crippen molar-refractivity contribution in [1.82, 2.24) is 5.32 Å². The van der Waals surface area contributed by atoms with Crippen LogP contribution in [0.4, 0.5) is 0 Å². The van der Waals surface area contributed by atoms with Gasteiger partial charge < -0.3 is 20.3 Å². The number of rotatable bonds is 63. The molecule has 6 heteroatoms. The predicted octanol–water partition coefficient (Wildman–Crippen LogP) is 21.5. The number of hydrogen-bond donors (Lipinski definition) is 3. The second kappa shape index (κ2) is 64.6. The summed E-state index contributed by atoms with van der Waals surface area (Å²) in [5, 5.41) is 23.2. The van der Waals surface area contributed by atoms with E-state index in [1.807, 2.05) is 0 Å². The van der Waals surface area contributed by atoms with E-state index in [1.54, 1.807) is 0 Å². The Hall–Kier alpha value is -1.92. The molecule has 2 atom stereocenters. The summed E-state index contributed by atoms with van der Waals surface area (Å²) >= 11 is 0. The molecule has 0 saturated carbocycles. The number of amides is 1. The summed E-state index contributed by atoms with van der Waals surface area (Å²) in [7, 11) is 0. The summed E-state index contributed by atoms with van der Waals surface area (Å²) in [5.74, 6) is -0.0276. The second-order valence-corrected chi connectivity index (χ2v) is 23.1. The summed E-state index contributed by atoms with van der Waals surface area (Å²) in [4.78, 5) is 24.5. The van der Waals surface area contributed by atoms with Crippen LogP contribution in [0.15, 0.2) is 36.5 Å². The van der Waals surface area contributed by atoms with Gasteiger partial charge in [-0.05, 0) is 77.0 Å². The van der Waals surface area contributed by atoms with Crippen LogP contribution in [0.2, 0.25) is 0 Å². The molecule has 75 heavy (non-hydrogen) atoms. The van der Waals surface area contributed by atoms with Gasteiger partial charge in [0.25, 0.3) is 0 Å². The molecule has 3 N–H and O–H groups in total. The van der Waals surface area contributed by atoms with Crippen molar-refractivity contribution >= 4 is 11.9 Å². The fourth-order valence-corrected chi connectivity index (χ4v) is 10.5. The largest absolute Gasteiger partial charge is 0.466 e. The molecule has 2 unspecified atom stereocenters. The van der Waals surface area contributed by atoms with E-state index in [9.17, 15) is 19.8 Å². The lowest BCUT2D eigenvalue weighted by molar-refractivity contribution is -0.143. The third-order valence-corrected chi connectivity index (χ3v) is 15.6. The first-order valence-corrected chi connectivity index (χ1v) is 33.7. The number of hydrogen-bond acceptors (Lipinski definition) is 5. The maximum absolute atomic E-state index is 12.5. The van der Waals surface area contributed by atoms with Crippen LogP contribution in [0.1, 0.15) is 367 Å². The van der Waals surface area contributed by atoms with Crippen LogP contribution in [0, 0.1) is 0 Å². The quantitative estimate of drug-likeness (QED) is 0.0320. The summed E-state index contributed by atoms with van der Waals surface area (Å²) in [6, 6.07) is -0.538. The Bertz CT molecular complexity index is 1210. The number of allylic oxidation sites excluding steroid dienone is 6. The molecule has 0 aromatic carbocycles. The van der Waals surface area contributed by atoms with Gasteiger partial charge in [-0.2, -0.15) is 0 Å². The Morgan fingerprint density at radius 3 is 1.08 bits per heavy atom. The molecule has 0 rings (SSSR count). The van der Waals surface area contributed by atoms with E-state index in [4.69, 9.17) is 4.74 Å². The summed E-state index contributed by atoms with van der Waals surface area (Å²) in [5.41, 5.74) is 0. The molecule has 0 aromatic heterocycles. The first-order valence-electron chi connectivity index (χ1n) is 33.7. The summed E-state index contributed by atoms with van der Waals surface area (Å²) in [6.07, 6.45) is 81.9. The van der Waals surface area contributed by atoms with Crippen molar-refractivity contribution < 1.29 is 24.5 Å². The molecule has 0 bridgehead atoms. The molecule has 442 valence electrons. The molecule has 6 nitrogen and oxygen atoms in total. The highest BCUT2D eigenvalue weighted by Gasteiger charge is 2.20. The van der Waals surface area contributed by atoms with E-state index >= 15 is 0 Å². The fourth-order valence-electron chi connectivity index (χ4n) is 10.5. The van der Waals surface area contributed by atoms with Gasteiger partial charge in [0.2, 0.25) is 5.91 Å². The van der Waals surface area contributed by atoms with Crippen LogP contribution in [-0.4, -0.2) is 47.4 Å². The van der Waals surface area contributed by atoms with Crippen LogP contribution in [-0.2, 0) is 14.3 Å². The lowest BCUT2D eigenvalue weighted by atomic mass is 10.0. The van der Waals surface area contributed by atoms with Crippen LogP contribution >= 0.6 is 0 Å². The molecule has 0 fully saturated rings. The molecular formula is C69H131NO5. The highest BCUT2D eigenvalue weighted by molar-refractivity contribution is 5.76. The van der Waals surface area contributed by atoms with Crippen LogP contribution < -0.4 is 5.32 Å². The maximum Gasteiger partial charge on any atom is 0.305 e. The zero-order valence-electron chi connectivity index (χ0n) is 50.5. The van der Waals surface area contributed by atoms with Gasteiger partial charge in [-0.25, -0.2) is 0 Å². The highest BCUT2D eigenvalue weighted by Crippen LogP contribution is 2.18. The lowest BCUT2D eigenvalue weighted by Crippen LogP contribution is -2.45. The number of aliphatic hydroxyl groups is 2. The normalized spacial score (nSPS) is 12.7. The van der Waals surface area contributed by atoms with E-state index in [2.05, 4.69) is 55.6 Å². The average Bonchev–Trinajstić information content (AvgIpc) is 3.41. The predicted molar refractivity (Wildman–Crippen MR) is 329 cm³/mol. The number of ether oxygens (including phenoxy) is 1. The van der Waals surface area contributed by atoms with E-state index in [1.165, 1.54) is 283 Å². The SMILES string of the molecule is CCC/C=C\C/C=C\CCCCCCCC(=O)OCCCCCCCCCCCCCC/C=C\CCCCCCCCCCCCCCCCCCCC(=O)NC(CO)C(O)CCCCCCCCCCCCCC. The minimum Gasteiger partial charge on any atom is -0.466 e. The van der Waals surface area contributed by atoms with E-state index in [0.717, 1.165) is 51.4 Å². The van der Waals surface area contributed by atoms with E-state index < -0.39 is 12.1 Å². The van der Waals surface area contributed by atoms with Crippen LogP contribution in [0.5, 0.6) is 0 Å². The Labute approximate surface area is 468 Å². The average molecular weight is 1050 g/mol. The standard InChI is InChI=1S/C69H131NO5/c1-3-5-7-9-11-13-15-38-43-47-51-55-59-63-69(74)75-64-60-56-52-48-44-40-37-35-33-31-29-27-25-23-21-19-17-18-20-22-24-26-28-30-32-34-36-39-42-46-50-54-58-62-68(73)70-66(65-71)67(72)61-57-53-49-45-41-16-14-12-10-8-6-4-2/h7,9,13,15,21,23,66-67,71-72H,3-6,8,10-12,14,16-20,22,24-65H2,1-2H3,(H,70,73)/b9-7-,15-13-,23-21-. The van der Waals surface area contributed by atoms with Gasteiger partial charge in [0.15, 0.2) is 0 Å². The third kappa shape index (κ3) is 61.2. The van der Waals surface area contributed by atoms with Crippen molar-refractivity contribution in [2.75, 3.05) is 13.2 Å². The fraction of sp³-hybridized carbons (Fsp3) is 0.884. The van der Waals surface area contributed by atoms with Gasteiger partial charge in [-0.1, -0.05) is 314 Å². The van der Waals surface area contributed by atoms with Gasteiger partial charge in [0, 0.05) is 12.8 Å². The van der Waals surface area contributed by atoms with Crippen LogP contribution in [0.25, 0.3) is 0 Å². The van der Waals surface area contributed by atoms with Crippen molar-refractivity contribution in [2.45, 2.75) is 379 Å². The molecule has 0 aliphatic rings. The molecule has 1 amide bonds. The first-order chi connectivity index (χ1) is 37.0. The number of nitrogens with one attached hydrogen (secondary N) is 1. The highest BCUT2D eigenvalue weighted by atomic mass is 16.5. The third-order valence-electron chi connectivity index (χ3n) is 15.6. The molecule has 0 aromatic rings. The minimum absolute atomic E-state index is 0.00333. The maximum atomic E-state index is 12.5. The van der Waals surface area contributed by atoms with Gasteiger partial charge in [-0.15, -0.1) is 0 Å². The van der Waals surface area contributed by atoms with E-state index in [0.29, 0.717) is 25.9 Å².